The number of thioether (sulfide) groups is 1. The van der Waals surface area contributed by atoms with Crippen LogP contribution in [0.4, 0.5) is 0 Å². The molecule has 0 fully saturated rings. The van der Waals surface area contributed by atoms with Gasteiger partial charge in [0.1, 0.15) is 11.9 Å². The topological polar surface area (TPSA) is 64.1 Å². The molecule has 1 aromatic rings. The van der Waals surface area contributed by atoms with Gasteiger partial charge in [-0.25, -0.2) is 4.98 Å². The van der Waals surface area contributed by atoms with Crippen molar-refractivity contribution in [1.29, 1.82) is 0 Å². The number of carbonyl (C=O) groups excluding carboxylic acids is 1. The zero-order valence-corrected chi connectivity index (χ0v) is 11.2. The highest BCUT2D eigenvalue weighted by molar-refractivity contribution is 8.01. The molecule has 16 heavy (non-hydrogen) atoms. The largest absolute Gasteiger partial charge is 0.465 e. The van der Waals surface area contributed by atoms with Gasteiger partial charge in [-0.3, -0.25) is 4.79 Å². The van der Waals surface area contributed by atoms with Gasteiger partial charge in [-0.15, -0.1) is 0 Å². The maximum absolute atomic E-state index is 11.7. The van der Waals surface area contributed by atoms with Gasteiger partial charge in [-0.05, 0) is 32.4 Å². The summed E-state index contributed by atoms with van der Waals surface area (Å²) >= 11 is 2.82. The Kier molecular flexibility index (Phi) is 5.17. The summed E-state index contributed by atoms with van der Waals surface area (Å²) in [6.07, 6.45) is 1.51. The van der Waals surface area contributed by atoms with Crippen LogP contribution < -0.4 is 5.32 Å². The minimum atomic E-state index is -0.688. The van der Waals surface area contributed by atoms with Crippen LogP contribution in [0.3, 0.4) is 0 Å². The van der Waals surface area contributed by atoms with Crippen molar-refractivity contribution in [3.63, 3.8) is 0 Å². The number of rotatable bonds is 6. The lowest BCUT2D eigenvalue weighted by molar-refractivity contribution is -0.149. The minimum absolute atomic E-state index is 0.241. The average Bonchev–Trinajstić information content (AvgIpc) is 2.79. The van der Waals surface area contributed by atoms with Gasteiger partial charge in [-0.1, -0.05) is 11.8 Å². The lowest BCUT2D eigenvalue weighted by atomic mass is 10.1. The first-order chi connectivity index (χ1) is 7.62. The molecule has 0 spiro atoms. The average molecular weight is 261 g/mol. The molecule has 7 heteroatoms. The third-order valence-electron chi connectivity index (χ3n) is 2.10. The number of hydrogen-bond donors (Lipinski definition) is 1. The van der Waals surface area contributed by atoms with Gasteiger partial charge in [0.2, 0.25) is 0 Å². The number of hydrogen-bond acceptors (Lipinski definition) is 7. The molecule has 0 aliphatic carbocycles. The van der Waals surface area contributed by atoms with Crippen LogP contribution in [0.25, 0.3) is 0 Å². The fourth-order valence-corrected chi connectivity index (χ4v) is 2.55. The second-order valence-electron chi connectivity index (χ2n) is 3.30. The van der Waals surface area contributed by atoms with Crippen molar-refractivity contribution in [3.05, 3.63) is 6.33 Å². The predicted molar refractivity (Wildman–Crippen MR) is 64.7 cm³/mol. The van der Waals surface area contributed by atoms with E-state index in [1.165, 1.54) is 29.6 Å². The molecule has 0 bridgehead atoms. The fourth-order valence-electron chi connectivity index (χ4n) is 0.956. The zero-order chi connectivity index (χ0) is 12.0. The van der Waals surface area contributed by atoms with Crippen LogP contribution in [0.5, 0.6) is 0 Å². The molecule has 1 atom stereocenters. The van der Waals surface area contributed by atoms with Crippen molar-refractivity contribution in [3.8, 4) is 0 Å². The molecule has 5 nitrogen and oxygen atoms in total. The summed E-state index contributed by atoms with van der Waals surface area (Å²) in [5, 5.41) is 2.99. The summed E-state index contributed by atoms with van der Waals surface area (Å²) in [6, 6.07) is 0. The molecule has 0 aromatic carbocycles. The second-order valence-corrected chi connectivity index (χ2v) is 5.30. The van der Waals surface area contributed by atoms with Crippen LogP contribution in [-0.2, 0) is 9.53 Å². The number of esters is 1. The monoisotopic (exact) mass is 261 g/mol. The molecule has 1 unspecified atom stereocenters. The summed E-state index contributed by atoms with van der Waals surface area (Å²) in [6.45, 7) is 4.00. The molecule has 0 saturated carbocycles. The molecule has 90 valence electrons. The first kappa shape index (κ1) is 13.4. The van der Waals surface area contributed by atoms with E-state index in [0.717, 1.165) is 4.34 Å². The van der Waals surface area contributed by atoms with Gasteiger partial charge in [0.15, 0.2) is 4.34 Å². The van der Waals surface area contributed by atoms with Crippen LogP contribution >= 0.6 is 23.3 Å². The normalized spacial score (nSPS) is 14.4. The molecule has 0 amide bonds. The molecule has 1 N–H and O–H groups in total. The van der Waals surface area contributed by atoms with Gasteiger partial charge in [0.25, 0.3) is 0 Å². The standard InChI is InChI=1S/C9H15N3O2S2/c1-4-14-7(13)9(2,10-3)5-15-8-11-6-12-16-8/h6,10H,4-5H2,1-3H3. The SMILES string of the molecule is CCOC(=O)C(C)(CSc1ncns1)NC. The van der Waals surface area contributed by atoms with E-state index in [-0.39, 0.29) is 5.97 Å². The van der Waals surface area contributed by atoms with E-state index < -0.39 is 5.54 Å². The maximum atomic E-state index is 11.7. The predicted octanol–water partition coefficient (Wildman–Crippen LogP) is 1.17. The quantitative estimate of drug-likeness (QED) is 0.612. The second kappa shape index (κ2) is 6.17. The number of likely N-dealkylation sites (N-methyl/N-ethyl adjacent to an activating group) is 1. The summed E-state index contributed by atoms with van der Waals surface area (Å²) in [5.41, 5.74) is -0.688. The van der Waals surface area contributed by atoms with Crippen LogP contribution in [0, 0.1) is 0 Å². The molecule has 1 rings (SSSR count). The Bertz CT molecular complexity index is 332. The lowest BCUT2D eigenvalue weighted by Gasteiger charge is -2.25. The smallest absolute Gasteiger partial charge is 0.326 e. The van der Waals surface area contributed by atoms with Crippen LogP contribution in [-0.4, -0.2) is 40.3 Å². The highest BCUT2D eigenvalue weighted by atomic mass is 32.2. The third kappa shape index (κ3) is 3.43. The Balaban J connectivity index is 2.56. The maximum Gasteiger partial charge on any atom is 0.326 e. The van der Waals surface area contributed by atoms with Gasteiger partial charge in [0.05, 0.1) is 6.61 Å². The molecular formula is C9H15N3O2S2. The molecule has 1 heterocycles. The van der Waals surface area contributed by atoms with Gasteiger partial charge < -0.3 is 10.1 Å². The summed E-state index contributed by atoms with van der Waals surface area (Å²) in [7, 11) is 1.75. The Morgan fingerprint density at radius 2 is 2.50 bits per heavy atom. The first-order valence-corrected chi connectivity index (χ1v) is 6.64. The summed E-state index contributed by atoms with van der Waals surface area (Å²) in [5.74, 6) is 0.326. The summed E-state index contributed by atoms with van der Waals surface area (Å²) < 4.78 is 9.78. The van der Waals surface area contributed by atoms with Gasteiger partial charge >= 0.3 is 5.97 Å². The van der Waals surface area contributed by atoms with Crippen molar-refractivity contribution >= 4 is 29.3 Å². The Morgan fingerprint density at radius 3 is 3.00 bits per heavy atom. The Morgan fingerprint density at radius 1 is 1.75 bits per heavy atom. The minimum Gasteiger partial charge on any atom is -0.465 e. The van der Waals surface area contributed by atoms with Crippen molar-refractivity contribution in [1.82, 2.24) is 14.7 Å². The number of nitrogens with one attached hydrogen (secondary N) is 1. The van der Waals surface area contributed by atoms with E-state index in [9.17, 15) is 4.79 Å². The highest BCUT2D eigenvalue weighted by Gasteiger charge is 2.33. The van der Waals surface area contributed by atoms with E-state index in [1.807, 2.05) is 6.92 Å². The molecule has 0 saturated heterocycles. The number of carbonyl (C=O) groups is 1. The van der Waals surface area contributed by atoms with Crippen molar-refractivity contribution in [2.24, 2.45) is 0 Å². The molecule has 0 aliphatic rings. The molecule has 1 aromatic heterocycles. The Hall–Kier alpha value is -0.660. The van der Waals surface area contributed by atoms with Crippen LogP contribution in [0.2, 0.25) is 0 Å². The van der Waals surface area contributed by atoms with Crippen molar-refractivity contribution in [2.75, 3.05) is 19.4 Å². The van der Waals surface area contributed by atoms with Gasteiger partial charge in [-0.2, -0.15) is 4.37 Å². The lowest BCUT2D eigenvalue weighted by Crippen LogP contribution is -2.50. The fraction of sp³-hybridized carbons (Fsp3) is 0.667. The van der Waals surface area contributed by atoms with E-state index >= 15 is 0 Å². The highest BCUT2D eigenvalue weighted by Crippen LogP contribution is 2.23. The molecule has 0 aliphatic heterocycles. The zero-order valence-electron chi connectivity index (χ0n) is 9.52. The molecular weight excluding hydrogens is 246 g/mol. The van der Waals surface area contributed by atoms with E-state index in [1.54, 1.807) is 14.0 Å². The van der Waals surface area contributed by atoms with Gasteiger partial charge in [0, 0.05) is 5.75 Å². The third-order valence-corrected chi connectivity index (χ3v) is 4.22. The van der Waals surface area contributed by atoms with Crippen LogP contribution in [0.15, 0.2) is 10.7 Å². The first-order valence-electron chi connectivity index (χ1n) is 4.88. The van der Waals surface area contributed by atoms with Crippen LogP contribution in [0.1, 0.15) is 13.8 Å². The summed E-state index contributed by atoms with van der Waals surface area (Å²) in [4.78, 5) is 15.8. The Labute approximate surface area is 103 Å². The number of aromatic nitrogens is 2. The van der Waals surface area contributed by atoms with E-state index in [2.05, 4.69) is 14.7 Å². The molecule has 0 radical (unpaired) electrons. The van der Waals surface area contributed by atoms with E-state index in [0.29, 0.717) is 12.4 Å². The number of nitrogens with zero attached hydrogens (tertiary/aromatic N) is 2. The van der Waals surface area contributed by atoms with E-state index in [4.69, 9.17) is 4.74 Å². The van der Waals surface area contributed by atoms with Crippen molar-refractivity contribution in [2.45, 2.75) is 23.7 Å². The number of ether oxygens (including phenoxy) is 1. The van der Waals surface area contributed by atoms with Crippen molar-refractivity contribution < 1.29 is 9.53 Å².